The van der Waals surface area contributed by atoms with Crippen LogP contribution in [0.5, 0.6) is 0 Å². The lowest BCUT2D eigenvalue weighted by Gasteiger charge is -2.35. The lowest BCUT2D eigenvalue weighted by Crippen LogP contribution is -2.52. The molecular formula is C22H29F3N4O4. The molecule has 0 aromatic heterocycles. The monoisotopic (exact) mass is 470 g/mol. The fourth-order valence-electron chi connectivity index (χ4n) is 3.96. The van der Waals surface area contributed by atoms with Gasteiger partial charge in [0, 0.05) is 39.3 Å². The second-order valence-corrected chi connectivity index (χ2v) is 8.56. The van der Waals surface area contributed by atoms with Crippen molar-refractivity contribution in [1.29, 1.82) is 0 Å². The van der Waals surface area contributed by atoms with E-state index in [-0.39, 0.29) is 19.1 Å². The van der Waals surface area contributed by atoms with Crippen LogP contribution in [0.4, 0.5) is 18.0 Å². The predicted molar refractivity (Wildman–Crippen MR) is 113 cm³/mol. The number of imide groups is 1. The van der Waals surface area contributed by atoms with Crippen molar-refractivity contribution >= 4 is 17.8 Å². The summed E-state index contributed by atoms with van der Waals surface area (Å²) >= 11 is 0. The molecule has 0 saturated carbocycles. The second kappa shape index (κ2) is 10.1. The van der Waals surface area contributed by atoms with E-state index in [2.05, 4.69) is 10.1 Å². The maximum atomic E-state index is 13.0. The second-order valence-electron chi connectivity index (χ2n) is 8.56. The van der Waals surface area contributed by atoms with E-state index >= 15 is 0 Å². The number of carbonyl (C=O) groups excluding carboxylic acids is 3. The Labute approximate surface area is 190 Å². The normalized spacial score (nSPS) is 22.1. The largest absolute Gasteiger partial charge is 0.411 e. The van der Waals surface area contributed by atoms with E-state index in [4.69, 9.17) is 0 Å². The summed E-state index contributed by atoms with van der Waals surface area (Å²) < 4.78 is 40.8. The van der Waals surface area contributed by atoms with Crippen molar-refractivity contribution in [3.63, 3.8) is 0 Å². The maximum absolute atomic E-state index is 13.0. The van der Waals surface area contributed by atoms with Crippen molar-refractivity contribution in [3.05, 3.63) is 35.4 Å². The highest BCUT2D eigenvalue weighted by molar-refractivity contribution is 6.09. The number of rotatable bonds is 8. The van der Waals surface area contributed by atoms with E-state index in [0.717, 1.165) is 10.5 Å². The third-order valence-electron chi connectivity index (χ3n) is 5.95. The van der Waals surface area contributed by atoms with E-state index in [1.54, 1.807) is 24.0 Å². The molecule has 1 aromatic carbocycles. The van der Waals surface area contributed by atoms with Crippen LogP contribution in [0.1, 0.15) is 24.5 Å². The molecule has 0 aliphatic carbocycles. The molecule has 1 N–H and O–H groups in total. The number of urea groups is 1. The molecule has 1 aromatic rings. The molecule has 8 nitrogen and oxygen atoms in total. The van der Waals surface area contributed by atoms with Gasteiger partial charge in [-0.2, -0.15) is 13.2 Å². The summed E-state index contributed by atoms with van der Waals surface area (Å²) in [6.45, 7) is 4.51. The molecule has 11 heteroatoms. The minimum Gasteiger partial charge on any atom is -0.372 e. The van der Waals surface area contributed by atoms with Gasteiger partial charge in [-0.05, 0) is 25.8 Å². The molecule has 1 unspecified atom stereocenters. The number of benzene rings is 1. The van der Waals surface area contributed by atoms with Crippen LogP contribution in [0.15, 0.2) is 24.3 Å². The number of ether oxygens (including phenoxy) is 1. The minimum atomic E-state index is -4.32. The predicted octanol–water partition coefficient (Wildman–Crippen LogP) is 1.88. The number of nitrogens with zero attached hydrogens (tertiary/aromatic N) is 3. The van der Waals surface area contributed by atoms with Crippen LogP contribution in [0.2, 0.25) is 0 Å². The number of alkyl halides is 3. The lowest BCUT2D eigenvalue weighted by atomic mass is 9.91. The van der Waals surface area contributed by atoms with Crippen molar-refractivity contribution < 1.29 is 32.3 Å². The molecule has 0 spiro atoms. The quantitative estimate of drug-likeness (QED) is 0.464. The molecule has 3 rings (SSSR count). The van der Waals surface area contributed by atoms with Gasteiger partial charge in [-0.25, -0.2) is 4.79 Å². The van der Waals surface area contributed by atoms with Crippen LogP contribution in [0.25, 0.3) is 0 Å². The molecule has 182 valence electrons. The average molecular weight is 470 g/mol. The molecule has 2 aliphatic heterocycles. The van der Waals surface area contributed by atoms with Gasteiger partial charge in [0.15, 0.2) is 0 Å². The smallest absolute Gasteiger partial charge is 0.372 e. The number of aryl methyl sites for hydroxylation is 1. The Morgan fingerprint density at radius 3 is 2.36 bits per heavy atom. The van der Waals surface area contributed by atoms with E-state index in [9.17, 15) is 27.6 Å². The summed E-state index contributed by atoms with van der Waals surface area (Å²) in [5.41, 5.74) is 0.450. The number of hydrogen-bond donors (Lipinski definition) is 1. The van der Waals surface area contributed by atoms with Gasteiger partial charge in [0.05, 0.1) is 0 Å². The molecule has 33 heavy (non-hydrogen) atoms. The molecule has 2 heterocycles. The highest BCUT2D eigenvalue weighted by atomic mass is 19.4. The molecule has 2 aliphatic rings. The van der Waals surface area contributed by atoms with Crippen molar-refractivity contribution in [2.24, 2.45) is 0 Å². The topological polar surface area (TPSA) is 82.2 Å². The molecule has 1 atom stereocenters. The van der Waals surface area contributed by atoms with Crippen molar-refractivity contribution in [2.75, 3.05) is 52.5 Å². The van der Waals surface area contributed by atoms with E-state index < -0.39 is 30.3 Å². The zero-order valence-corrected chi connectivity index (χ0v) is 18.8. The van der Waals surface area contributed by atoms with Gasteiger partial charge in [0.1, 0.15) is 18.7 Å². The minimum absolute atomic E-state index is 0.0184. The van der Waals surface area contributed by atoms with Gasteiger partial charge in [-0.1, -0.05) is 29.8 Å². The molecule has 0 radical (unpaired) electrons. The molecule has 4 amide bonds. The highest BCUT2D eigenvalue weighted by Gasteiger charge is 2.49. The Morgan fingerprint density at radius 1 is 1.12 bits per heavy atom. The van der Waals surface area contributed by atoms with Crippen LogP contribution >= 0.6 is 0 Å². The van der Waals surface area contributed by atoms with Crippen molar-refractivity contribution in [2.45, 2.75) is 32.0 Å². The lowest BCUT2D eigenvalue weighted by molar-refractivity contribution is -0.174. The first-order valence-electron chi connectivity index (χ1n) is 10.9. The Bertz CT molecular complexity index is 869. The van der Waals surface area contributed by atoms with Gasteiger partial charge in [0.2, 0.25) is 5.91 Å². The van der Waals surface area contributed by atoms with Crippen LogP contribution in [-0.2, 0) is 19.9 Å². The zero-order valence-electron chi connectivity index (χ0n) is 18.8. The summed E-state index contributed by atoms with van der Waals surface area (Å²) in [6.07, 6.45) is -3.86. The Hall–Kier alpha value is -2.66. The fourth-order valence-corrected chi connectivity index (χ4v) is 3.96. The van der Waals surface area contributed by atoms with Crippen molar-refractivity contribution in [3.8, 4) is 0 Å². The van der Waals surface area contributed by atoms with Gasteiger partial charge >= 0.3 is 12.2 Å². The number of hydrogen-bond acceptors (Lipinski definition) is 5. The molecular weight excluding hydrogens is 441 g/mol. The van der Waals surface area contributed by atoms with Gasteiger partial charge in [-0.3, -0.25) is 19.4 Å². The van der Waals surface area contributed by atoms with E-state index in [0.29, 0.717) is 44.7 Å². The SMILES string of the molecule is Cc1ccc(C2(C)NC(=O)N(CC(=O)N3CCN(CCCOCC(F)(F)F)CC3)C2=O)cc1. The fraction of sp³-hybridized carbons (Fsp3) is 0.591. The first-order valence-corrected chi connectivity index (χ1v) is 10.9. The van der Waals surface area contributed by atoms with Crippen LogP contribution in [0, 0.1) is 6.92 Å². The van der Waals surface area contributed by atoms with E-state index in [1.807, 2.05) is 24.0 Å². The maximum Gasteiger partial charge on any atom is 0.411 e. The average Bonchev–Trinajstić information content (AvgIpc) is 2.97. The molecule has 2 saturated heterocycles. The number of amides is 4. The summed E-state index contributed by atoms with van der Waals surface area (Å²) in [6, 6.07) is 6.68. The highest BCUT2D eigenvalue weighted by Crippen LogP contribution is 2.29. The summed E-state index contributed by atoms with van der Waals surface area (Å²) in [4.78, 5) is 42.8. The van der Waals surface area contributed by atoms with Crippen LogP contribution < -0.4 is 5.32 Å². The van der Waals surface area contributed by atoms with Gasteiger partial charge in [-0.15, -0.1) is 0 Å². The number of halogens is 3. The van der Waals surface area contributed by atoms with Crippen LogP contribution in [-0.4, -0.2) is 91.2 Å². The standard InChI is InChI=1S/C22H29F3N4O4/c1-16-4-6-17(7-5-16)21(2)19(31)29(20(32)26-21)14-18(30)28-11-9-27(10-12-28)8-3-13-33-15-22(23,24)25/h4-7H,3,8-15H2,1-2H3,(H,26,32). The molecule has 2 fully saturated rings. The zero-order chi connectivity index (χ0) is 24.2. The summed E-state index contributed by atoms with van der Waals surface area (Å²) in [7, 11) is 0. The number of carbonyl (C=O) groups is 3. The third-order valence-corrected chi connectivity index (χ3v) is 5.95. The summed E-state index contributed by atoms with van der Waals surface area (Å²) in [5, 5.41) is 2.70. The van der Waals surface area contributed by atoms with E-state index in [1.165, 1.54) is 0 Å². The number of nitrogens with one attached hydrogen (secondary N) is 1. The van der Waals surface area contributed by atoms with Gasteiger partial charge in [0.25, 0.3) is 5.91 Å². The third kappa shape index (κ3) is 6.23. The van der Waals surface area contributed by atoms with Crippen molar-refractivity contribution in [1.82, 2.24) is 20.0 Å². The first kappa shape index (κ1) is 25.0. The Balaban J connectivity index is 1.45. The van der Waals surface area contributed by atoms with Gasteiger partial charge < -0.3 is 15.0 Å². The Morgan fingerprint density at radius 2 is 1.76 bits per heavy atom. The van der Waals surface area contributed by atoms with Crippen LogP contribution in [0.3, 0.4) is 0 Å². The number of piperazine rings is 1. The molecule has 0 bridgehead atoms. The first-order chi connectivity index (χ1) is 15.5. The Kier molecular flexibility index (Phi) is 7.63. The summed E-state index contributed by atoms with van der Waals surface area (Å²) in [5.74, 6) is -0.790.